The molecular formula is C19H25F3N2O2. The molecule has 0 aromatic heterocycles. The molecule has 1 fully saturated rings. The summed E-state index contributed by atoms with van der Waals surface area (Å²) in [4.78, 5) is 28.1. The van der Waals surface area contributed by atoms with E-state index in [0.29, 0.717) is 12.1 Å². The van der Waals surface area contributed by atoms with Crippen LogP contribution in [0, 0.1) is 5.92 Å². The van der Waals surface area contributed by atoms with Gasteiger partial charge in [0, 0.05) is 32.6 Å². The highest BCUT2D eigenvalue weighted by atomic mass is 19.4. The van der Waals surface area contributed by atoms with Gasteiger partial charge < -0.3 is 9.80 Å². The molecule has 1 atom stereocenters. The number of rotatable bonds is 6. The van der Waals surface area contributed by atoms with Gasteiger partial charge in [0.1, 0.15) is 0 Å². The van der Waals surface area contributed by atoms with Crippen LogP contribution in [0.15, 0.2) is 24.3 Å². The maximum atomic E-state index is 12.6. The predicted octanol–water partition coefficient (Wildman–Crippen LogP) is 3.70. The van der Waals surface area contributed by atoms with Crippen molar-refractivity contribution in [1.82, 2.24) is 9.80 Å². The van der Waals surface area contributed by atoms with Crippen molar-refractivity contribution in [3.63, 3.8) is 0 Å². The monoisotopic (exact) mass is 370 g/mol. The molecular weight excluding hydrogens is 345 g/mol. The Balaban J connectivity index is 1.98. The Hall–Kier alpha value is -2.05. The molecule has 1 aromatic carbocycles. The first-order chi connectivity index (χ1) is 12.2. The average molecular weight is 370 g/mol. The highest BCUT2D eigenvalue weighted by Gasteiger charge is 2.38. The van der Waals surface area contributed by atoms with Crippen molar-refractivity contribution < 1.29 is 22.8 Å². The standard InChI is InChI=1S/C19H25F3N2O2/c1-4-16(5-2)24-12-14(10-17(24)25)18(26)23(3)11-13-6-8-15(9-7-13)19(20,21)22/h6-9,14,16H,4-5,10-12H2,1-3H3. The van der Waals surface area contributed by atoms with Gasteiger partial charge in [-0.1, -0.05) is 26.0 Å². The molecule has 2 rings (SSSR count). The van der Waals surface area contributed by atoms with Gasteiger partial charge >= 0.3 is 6.18 Å². The number of amides is 2. The van der Waals surface area contributed by atoms with Gasteiger partial charge in [-0.25, -0.2) is 0 Å². The van der Waals surface area contributed by atoms with Crippen LogP contribution in [-0.2, 0) is 22.3 Å². The maximum Gasteiger partial charge on any atom is 0.416 e. The van der Waals surface area contributed by atoms with Crippen LogP contribution in [-0.4, -0.2) is 41.2 Å². The first-order valence-electron chi connectivity index (χ1n) is 8.87. The molecule has 0 aliphatic carbocycles. The smallest absolute Gasteiger partial charge is 0.341 e. The fourth-order valence-electron chi connectivity index (χ4n) is 3.44. The number of benzene rings is 1. The van der Waals surface area contributed by atoms with E-state index < -0.39 is 11.7 Å². The van der Waals surface area contributed by atoms with E-state index in [4.69, 9.17) is 0 Å². The zero-order valence-corrected chi connectivity index (χ0v) is 15.3. The molecule has 0 bridgehead atoms. The number of carbonyl (C=O) groups excluding carboxylic acids is 2. The molecule has 1 unspecified atom stereocenters. The number of halogens is 3. The summed E-state index contributed by atoms with van der Waals surface area (Å²) in [5, 5.41) is 0. The van der Waals surface area contributed by atoms with Crippen molar-refractivity contribution >= 4 is 11.8 Å². The number of hydrogen-bond donors (Lipinski definition) is 0. The Labute approximate surface area is 152 Å². The molecule has 144 valence electrons. The minimum Gasteiger partial charge on any atom is -0.341 e. The molecule has 0 N–H and O–H groups in total. The number of likely N-dealkylation sites (tertiary alicyclic amines) is 1. The summed E-state index contributed by atoms with van der Waals surface area (Å²) in [6.07, 6.45) is -2.47. The Bertz CT molecular complexity index is 639. The van der Waals surface area contributed by atoms with Crippen LogP contribution in [0.25, 0.3) is 0 Å². The highest BCUT2D eigenvalue weighted by Crippen LogP contribution is 2.29. The quantitative estimate of drug-likeness (QED) is 0.766. The minimum atomic E-state index is -4.37. The van der Waals surface area contributed by atoms with Gasteiger partial charge in [0.05, 0.1) is 11.5 Å². The van der Waals surface area contributed by atoms with Crippen LogP contribution in [0.3, 0.4) is 0 Å². The Morgan fingerprint density at radius 2 is 1.81 bits per heavy atom. The molecule has 1 aliphatic rings. The van der Waals surface area contributed by atoms with Crippen LogP contribution >= 0.6 is 0 Å². The molecule has 4 nitrogen and oxygen atoms in total. The lowest BCUT2D eigenvalue weighted by atomic mass is 10.1. The molecule has 1 heterocycles. The van der Waals surface area contributed by atoms with Crippen LogP contribution in [0.4, 0.5) is 13.2 Å². The van der Waals surface area contributed by atoms with Gasteiger partial charge in [0.2, 0.25) is 11.8 Å². The average Bonchev–Trinajstić information content (AvgIpc) is 2.97. The number of carbonyl (C=O) groups is 2. The Kier molecular flexibility index (Phi) is 6.31. The second kappa shape index (κ2) is 8.10. The topological polar surface area (TPSA) is 40.6 Å². The van der Waals surface area contributed by atoms with E-state index in [1.165, 1.54) is 17.0 Å². The third-order valence-electron chi connectivity index (χ3n) is 4.97. The second-order valence-electron chi connectivity index (χ2n) is 6.81. The van der Waals surface area contributed by atoms with Gasteiger partial charge in [0.25, 0.3) is 0 Å². The molecule has 1 aromatic rings. The molecule has 0 radical (unpaired) electrons. The Morgan fingerprint density at radius 1 is 1.23 bits per heavy atom. The summed E-state index contributed by atoms with van der Waals surface area (Å²) in [5.41, 5.74) is -0.0903. The van der Waals surface area contributed by atoms with Gasteiger partial charge in [-0.05, 0) is 30.5 Å². The normalized spacial score (nSPS) is 17.9. The van der Waals surface area contributed by atoms with E-state index >= 15 is 0 Å². The lowest BCUT2D eigenvalue weighted by Gasteiger charge is -2.27. The summed E-state index contributed by atoms with van der Waals surface area (Å²) in [5.74, 6) is -0.533. The van der Waals surface area contributed by atoms with Crippen molar-refractivity contribution in [2.24, 2.45) is 5.92 Å². The molecule has 1 aliphatic heterocycles. The van der Waals surface area contributed by atoms with Crippen LogP contribution in [0.1, 0.15) is 44.2 Å². The summed E-state index contributed by atoms with van der Waals surface area (Å²) in [7, 11) is 1.62. The van der Waals surface area contributed by atoms with Crippen molar-refractivity contribution in [2.75, 3.05) is 13.6 Å². The SMILES string of the molecule is CCC(CC)N1CC(C(=O)N(C)Cc2ccc(C(F)(F)F)cc2)CC1=O. The van der Waals surface area contributed by atoms with Crippen molar-refractivity contribution in [3.05, 3.63) is 35.4 Å². The fraction of sp³-hybridized carbons (Fsp3) is 0.579. The lowest BCUT2D eigenvalue weighted by molar-refractivity contribution is -0.137. The first-order valence-corrected chi connectivity index (χ1v) is 8.87. The largest absolute Gasteiger partial charge is 0.416 e. The molecule has 26 heavy (non-hydrogen) atoms. The fourth-order valence-corrected chi connectivity index (χ4v) is 3.44. The third-order valence-corrected chi connectivity index (χ3v) is 4.97. The molecule has 0 saturated carbocycles. The van der Waals surface area contributed by atoms with Crippen molar-refractivity contribution in [1.29, 1.82) is 0 Å². The van der Waals surface area contributed by atoms with E-state index in [0.717, 1.165) is 25.0 Å². The highest BCUT2D eigenvalue weighted by molar-refractivity contribution is 5.89. The predicted molar refractivity (Wildman–Crippen MR) is 92.1 cm³/mol. The first kappa shape index (κ1) is 20.3. The van der Waals surface area contributed by atoms with E-state index in [1.54, 1.807) is 11.9 Å². The zero-order valence-electron chi connectivity index (χ0n) is 15.3. The van der Waals surface area contributed by atoms with E-state index in [9.17, 15) is 22.8 Å². The van der Waals surface area contributed by atoms with Gasteiger partial charge in [-0.2, -0.15) is 13.2 Å². The van der Waals surface area contributed by atoms with Crippen molar-refractivity contribution in [3.8, 4) is 0 Å². The molecule has 0 spiro atoms. The van der Waals surface area contributed by atoms with E-state index in [-0.39, 0.29) is 36.7 Å². The lowest BCUT2D eigenvalue weighted by Crippen LogP contribution is -2.38. The molecule has 2 amide bonds. The summed E-state index contributed by atoms with van der Waals surface area (Å²) >= 11 is 0. The Morgan fingerprint density at radius 3 is 2.31 bits per heavy atom. The summed E-state index contributed by atoms with van der Waals surface area (Å²) in [6, 6.07) is 4.94. The number of nitrogens with zero attached hydrogens (tertiary/aromatic N) is 2. The number of alkyl halides is 3. The maximum absolute atomic E-state index is 12.6. The third kappa shape index (κ3) is 4.56. The van der Waals surface area contributed by atoms with Gasteiger partial charge in [-0.15, -0.1) is 0 Å². The summed E-state index contributed by atoms with van der Waals surface area (Å²) in [6.45, 7) is 4.68. The van der Waals surface area contributed by atoms with Crippen LogP contribution < -0.4 is 0 Å². The van der Waals surface area contributed by atoms with Gasteiger partial charge in [-0.3, -0.25) is 9.59 Å². The van der Waals surface area contributed by atoms with E-state index in [2.05, 4.69) is 0 Å². The van der Waals surface area contributed by atoms with Crippen LogP contribution in [0.2, 0.25) is 0 Å². The van der Waals surface area contributed by atoms with Crippen molar-refractivity contribution in [2.45, 2.75) is 51.9 Å². The second-order valence-corrected chi connectivity index (χ2v) is 6.81. The zero-order chi connectivity index (χ0) is 19.5. The van der Waals surface area contributed by atoms with Gasteiger partial charge in [0.15, 0.2) is 0 Å². The minimum absolute atomic E-state index is 0.0000184. The van der Waals surface area contributed by atoms with Crippen LogP contribution in [0.5, 0.6) is 0 Å². The molecule has 1 saturated heterocycles. The molecule has 7 heteroatoms. The summed E-state index contributed by atoms with van der Waals surface area (Å²) < 4.78 is 37.8. The van der Waals surface area contributed by atoms with E-state index in [1.807, 2.05) is 13.8 Å². The number of hydrogen-bond acceptors (Lipinski definition) is 2.